The summed E-state index contributed by atoms with van der Waals surface area (Å²) in [5.74, 6) is 4.86. The van der Waals surface area contributed by atoms with Crippen LogP contribution in [-0.4, -0.2) is 21.3 Å². The second-order valence-corrected chi connectivity index (χ2v) is 6.86. The van der Waals surface area contributed by atoms with Crippen molar-refractivity contribution in [3.05, 3.63) is 59.1 Å². The molecule has 0 radical (unpaired) electrons. The lowest BCUT2D eigenvalue weighted by Crippen LogP contribution is -2.24. The van der Waals surface area contributed by atoms with Gasteiger partial charge in [0, 0.05) is 10.6 Å². The zero-order valence-corrected chi connectivity index (χ0v) is 14.0. The van der Waals surface area contributed by atoms with Crippen molar-refractivity contribution in [3.63, 3.8) is 0 Å². The predicted octanol–water partition coefficient (Wildman–Crippen LogP) is 3.57. The van der Waals surface area contributed by atoms with E-state index in [0.717, 1.165) is 24.3 Å². The second-order valence-electron chi connectivity index (χ2n) is 4.66. The van der Waals surface area contributed by atoms with Gasteiger partial charge in [-0.3, -0.25) is 0 Å². The fourth-order valence-electron chi connectivity index (χ4n) is 1.75. The summed E-state index contributed by atoms with van der Waals surface area (Å²) in [5, 5.41) is 0.508. The summed E-state index contributed by atoms with van der Waals surface area (Å²) in [6.07, 6.45) is -4.84. The van der Waals surface area contributed by atoms with Crippen LogP contribution in [-0.2, 0) is 10.0 Å². The van der Waals surface area contributed by atoms with Gasteiger partial charge in [-0.1, -0.05) is 29.5 Å². The highest BCUT2D eigenvalue weighted by Crippen LogP contribution is 2.23. The third-order valence-corrected chi connectivity index (χ3v) is 4.43. The van der Waals surface area contributed by atoms with E-state index >= 15 is 0 Å². The Morgan fingerprint density at radius 1 is 1.12 bits per heavy atom. The molecule has 0 spiro atoms. The van der Waals surface area contributed by atoms with Gasteiger partial charge in [-0.05, 0) is 42.5 Å². The minimum atomic E-state index is -4.84. The Labute approximate surface area is 147 Å². The number of sulfonamides is 1. The molecule has 0 bridgehead atoms. The van der Waals surface area contributed by atoms with Crippen molar-refractivity contribution >= 4 is 21.6 Å². The first-order valence-electron chi connectivity index (χ1n) is 6.76. The van der Waals surface area contributed by atoms with Gasteiger partial charge < -0.3 is 4.74 Å². The fourth-order valence-corrected chi connectivity index (χ4v) is 2.86. The van der Waals surface area contributed by atoms with Crippen molar-refractivity contribution in [2.75, 3.05) is 6.54 Å². The molecule has 1 N–H and O–H groups in total. The zero-order chi connectivity index (χ0) is 18.5. The molecule has 0 unspecified atom stereocenters. The molecule has 0 aliphatic rings. The van der Waals surface area contributed by atoms with Crippen LogP contribution in [0.1, 0.15) is 5.56 Å². The highest BCUT2D eigenvalue weighted by Gasteiger charge is 2.31. The Balaban J connectivity index is 2.00. The van der Waals surface area contributed by atoms with E-state index in [9.17, 15) is 21.6 Å². The molecule has 0 heterocycles. The first kappa shape index (κ1) is 19.1. The van der Waals surface area contributed by atoms with Gasteiger partial charge in [-0.15, -0.1) is 13.2 Å². The third kappa shape index (κ3) is 6.31. The maximum Gasteiger partial charge on any atom is 0.573 e. The maximum absolute atomic E-state index is 12.1. The molecule has 4 nitrogen and oxygen atoms in total. The lowest BCUT2D eigenvalue weighted by atomic mass is 10.2. The normalized spacial score (nSPS) is 11.5. The van der Waals surface area contributed by atoms with Crippen molar-refractivity contribution in [2.45, 2.75) is 11.3 Å². The molecule has 0 fully saturated rings. The molecule has 132 valence electrons. The van der Waals surface area contributed by atoms with Gasteiger partial charge >= 0.3 is 6.36 Å². The molecule has 0 saturated heterocycles. The number of hydrogen-bond acceptors (Lipinski definition) is 3. The molecule has 0 aliphatic carbocycles. The highest BCUT2D eigenvalue weighted by atomic mass is 35.5. The number of halogens is 4. The monoisotopic (exact) mass is 389 g/mol. The largest absolute Gasteiger partial charge is 0.573 e. The molecule has 0 atom stereocenters. The summed E-state index contributed by atoms with van der Waals surface area (Å²) in [4.78, 5) is -0.202. The van der Waals surface area contributed by atoms with Crippen molar-refractivity contribution < 1.29 is 26.3 Å². The Bertz CT molecular complexity index is 901. The van der Waals surface area contributed by atoms with Crippen LogP contribution in [0.15, 0.2) is 53.4 Å². The number of hydrogen-bond donors (Lipinski definition) is 1. The van der Waals surface area contributed by atoms with Crippen LogP contribution in [0.3, 0.4) is 0 Å². The maximum atomic E-state index is 12.1. The Morgan fingerprint density at radius 3 is 2.40 bits per heavy atom. The molecular weight excluding hydrogens is 379 g/mol. The lowest BCUT2D eigenvalue weighted by molar-refractivity contribution is -0.274. The molecule has 2 rings (SSSR count). The number of ether oxygens (including phenoxy) is 1. The number of alkyl halides is 3. The van der Waals surface area contributed by atoms with Gasteiger partial charge in [-0.25, -0.2) is 8.42 Å². The van der Waals surface area contributed by atoms with Crippen LogP contribution in [0, 0.1) is 11.8 Å². The molecule has 0 saturated carbocycles. The Hall–Kier alpha value is -2.21. The van der Waals surface area contributed by atoms with Crippen LogP contribution >= 0.6 is 11.6 Å². The summed E-state index contributed by atoms with van der Waals surface area (Å²) in [6.45, 7) is -0.171. The van der Waals surface area contributed by atoms with E-state index in [-0.39, 0.29) is 11.4 Å². The van der Waals surface area contributed by atoms with E-state index in [1.165, 1.54) is 0 Å². The van der Waals surface area contributed by atoms with Gasteiger partial charge in [0.1, 0.15) is 5.75 Å². The van der Waals surface area contributed by atoms with E-state index in [2.05, 4.69) is 21.3 Å². The van der Waals surface area contributed by atoms with E-state index < -0.39 is 22.1 Å². The lowest BCUT2D eigenvalue weighted by Gasteiger charge is -2.09. The SMILES string of the molecule is O=S(=O)(NCC#Cc1cccc(Cl)c1)c1ccc(OC(F)(F)F)cc1. The predicted molar refractivity (Wildman–Crippen MR) is 86.6 cm³/mol. The second kappa shape index (κ2) is 7.78. The summed E-state index contributed by atoms with van der Waals surface area (Å²) in [6, 6.07) is 10.6. The molecular formula is C16H11ClF3NO3S. The van der Waals surface area contributed by atoms with Crippen molar-refractivity contribution in [1.82, 2.24) is 4.72 Å². The molecule has 9 heteroatoms. The molecule has 0 amide bonds. The van der Waals surface area contributed by atoms with Crippen LogP contribution in [0.4, 0.5) is 13.2 Å². The Kier molecular flexibility index (Phi) is 5.95. The summed E-state index contributed by atoms with van der Waals surface area (Å²) in [5.41, 5.74) is 0.625. The third-order valence-electron chi connectivity index (χ3n) is 2.78. The quantitative estimate of drug-likeness (QED) is 0.813. The van der Waals surface area contributed by atoms with Crippen LogP contribution in [0.5, 0.6) is 5.75 Å². The van der Waals surface area contributed by atoms with Crippen LogP contribution < -0.4 is 9.46 Å². The topological polar surface area (TPSA) is 55.4 Å². The van der Waals surface area contributed by atoms with Crippen molar-refractivity contribution in [2.24, 2.45) is 0 Å². The van der Waals surface area contributed by atoms with Crippen molar-refractivity contribution in [3.8, 4) is 17.6 Å². The molecule has 2 aromatic rings. The average Bonchev–Trinajstić information content (AvgIpc) is 2.51. The number of nitrogens with one attached hydrogen (secondary N) is 1. The highest BCUT2D eigenvalue weighted by molar-refractivity contribution is 7.89. The van der Waals surface area contributed by atoms with Gasteiger partial charge in [-0.2, -0.15) is 4.72 Å². The average molecular weight is 390 g/mol. The Morgan fingerprint density at radius 2 is 1.80 bits per heavy atom. The molecule has 0 aliphatic heterocycles. The smallest absolute Gasteiger partial charge is 0.406 e. The summed E-state index contributed by atoms with van der Waals surface area (Å²) in [7, 11) is -3.90. The summed E-state index contributed by atoms with van der Waals surface area (Å²) >= 11 is 5.80. The van der Waals surface area contributed by atoms with Crippen LogP contribution in [0.25, 0.3) is 0 Å². The van der Waals surface area contributed by atoms with E-state index in [1.54, 1.807) is 24.3 Å². The van der Waals surface area contributed by atoms with Gasteiger partial charge in [0.05, 0.1) is 11.4 Å². The van der Waals surface area contributed by atoms with E-state index in [1.807, 2.05) is 0 Å². The molecule has 25 heavy (non-hydrogen) atoms. The van der Waals surface area contributed by atoms with Gasteiger partial charge in [0.2, 0.25) is 10.0 Å². The van der Waals surface area contributed by atoms with Crippen molar-refractivity contribution in [1.29, 1.82) is 0 Å². The number of benzene rings is 2. The zero-order valence-electron chi connectivity index (χ0n) is 12.5. The van der Waals surface area contributed by atoms with E-state index in [4.69, 9.17) is 11.6 Å². The number of rotatable bonds is 4. The molecule has 0 aromatic heterocycles. The summed E-state index contributed by atoms with van der Waals surface area (Å²) < 4.78 is 66.2. The van der Waals surface area contributed by atoms with E-state index in [0.29, 0.717) is 10.6 Å². The standard InChI is InChI=1S/C16H11ClF3NO3S/c17-13-5-1-3-12(11-13)4-2-10-21-25(22,23)15-8-6-14(7-9-15)24-16(18,19)20/h1,3,5-9,11,21H,10H2. The molecule has 2 aromatic carbocycles. The minimum Gasteiger partial charge on any atom is -0.406 e. The minimum absolute atomic E-state index is 0.171. The fraction of sp³-hybridized carbons (Fsp3) is 0.125. The first-order valence-corrected chi connectivity index (χ1v) is 8.62. The van der Waals surface area contributed by atoms with Gasteiger partial charge in [0.25, 0.3) is 0 Å². The van der Waals surface area contributed by atoms with Gasteiger partial charge in [0.15, 0.2) is 0 Å². The first-order chi connectivity index (χ1) is 11.7. The van der Waals surface area contributed by atoms with Crippen LogP contribution in [0.2, 0.25) is 5.02 Å².